The van der Waals surface area contributed by atoms with Crippen molar-refractivity contribution in [3.63, 3.8) is 0 Å². The molecule has 0 atom stereocenters. The molecule has 0 bridgehead atoms. The molecule has 1 fully saturated rings. The Labute approximate surface area is 106 Å². The molecule has 1 heteroatoms. The van der Waals surface area contributed by atoms with Gasteiger partial charge in [0, 0.05) is 12.6 Å². The van der Waals surface area contributed by atoms with Gasteiger partial charge in [-0.3, -0.25) is 0 Å². The van der Waals surface area contributed by atoms with Crippen LogP contribution in [0.25, 0.3) is 0 Å². The van der Waals surface area contributed by atoms with Crippen LogP contribution < -0.4 is 5.32 Å². The molecule has 1 N–H and O–H groups in total. The zero-order valence-corrected chi connectivity index (χ0v) is 11.6. The average molecular weight is 231 g/mol. The summed E-state index contributed by atoms with van der Waals surface area (Å²) in [5.74, 6) is 0.927. The fourth-order valence-electron chi connectivity index (χ4n) is 2.45. The first-order valence-electron chi connectivity index (χ1n) is 6.78. The summed E-state index contributed by atoms with van der Waals surface area (Å²) in [6, 6.07) is 9.80. The highest BCUT2D eigenvalue weighted by Crippen LogP contribution is 2.26. The van der Waals surface area contributed by atoms with Gasteiger partial charge in [0.25, 0.3) is 0 Å². The SMILES string of the molecule is CC1CC(NCc2ccc(C(C)(C)C)cc2)C1. The van der Waals surface area contributed by atoms with Gasteiger partial charge in [0.05, 0.1) is 0 Å². The van der Waals surface area contributed by atoms with Gasteiger partial charge in [-0.2, -0.15) is 0 Å². The summed E-state index contributed by atoms with van der Waals surface area (Å²) in [6.07, 6.45) is 2.69. The van der Waals surface area contributed by atoms with Crippen LogP contribution in [0.4, 0.5) is 0 Å². The van der Waals surface area contributed by atoms with Gasteiger partial charge in [0.15, 0.2) is 0 Å². The predicted molar refractivity (Wildman–Crippen MR) is 74.2 cm³/mol. The summed E-state index contributed by atoms with van der Waals surface area (Å²) in [4.78, 5) is 0. The highest BCUT2D eigenvalue weighted by atomic mass is 14.9. The van der Waals surface area contributed by atoms with Gasteiger partial charge in [-0.25, -0.2) is 0 Å². The van der Waals surface area contributed by atoms with E-state index in [9.17, 15) is 0 Å². The van der Waals surface area contributed by atoms with E-state index in [4.69, 9.17) is 0 Å². The molecule has 1 nitrogen and oxygen atoms in total. The minimum Gasteiger partial charge on any atom is -0.310 e. The maximum Gasteiger partial charge on any atom is 0.0208 e. The van der Waals surface area contributed by atoms with Crippen LogP contribution in [-0.2, 0) is 12.0 Å². The van der Waals surface area contributed by atoms with E-state index in [1.165, 1.54) is 24.0 Å². The fourth-order valence-corrected chi connectivity index (χ4v) is 2.45. The molecule has 0 unspecified atom stereocenters. The van der Waals surface area contributed by atoms with Gasteiger partial charge >= 0.3 is 0 Å². The second-order valence-corrected chi connectivity index (χ2v) is 6.60. The minimum absolute atomic E-state index is 0.259. The van der Waals surface area contributed by atoms with E-state index in [0.717, 1.165) is 18.5 Å². The predicted octanol–water partition coefficient (Wildman–Crippen LogP) is 3.87. The monoisotopic (exact) mass is 231 g/mol. The Kier molecular flexibility index (Phi) is 3.58. The highest BCUT2D eigenvalue weighted by Gasteiger charge is 2.24. The molecular formula is C16H25N. The Morgan fingerprint density at radius 3 is 2.18 bits per heavy atom. The first-order chi connectivity index (χ1) is 7.95. The van der Waals surface area contributed by atoms with Crippen molar-refractivity contribution in [1.29, 1.82) is 0 Å². The molecule has 0 aromatic heterocycles. The van der Waals surface area contributed by atoms with Crippen LogP contribution in [0, 0.1) is 5.92 Å². The van der Waals surface area contributed by atoms with Crippen molar-refractivity contribution in [3.05, 3.63) is 35.4 Å². The molecule has 0 saturated heterocycles. The van der Waals surface area contributed by atoms with Crippen molar-refractivity contribution in [2.75, 3.05) is 0 Å². The molecule has 0 aliphatic heterocycles. The molecule has 0 spiro atoms. The molecule has 1 aliphatic carbocycles. The van der Waals surface area contributed by atoms with Crippen molar-refractivity contribution in [2.24, 2.45) is 5.92 Å². The third-order valence-corrected chi connectivity index (χ3v) is 3.79. The Morgan fingerprint density at radius 1 is 1.12 bits per heavy atom. The molecule has 2 rings (SSSR count). The van der Waals surface area contributed by atoms with Crippen LogP contribution in [0.5, 0.6) is 0 Å². The number of benzene rings is 1. The van der Waals surface area contributed by atoms with Crippen LogP contribution in [-0.4, -0.2) is 6.04 Å². The second kappa shape index (κ2) is 4.81. The molecular weight excluding hydrogens is 206 g/mol. The highest BCUT2D eigenvalue weighted by molar-refractivity contribution is 5.27. The maximum atomic E-state index is 3.62. The van der Waals surface area contributed by atoms with Crippen LogP contribution in [0.3, 0.4) is 0 Å². The quantitative estimate of drug-likeness (QED) is 0.832. The summed E-state index contributed by atoms with van der Waals surface area (Å²) in [5.41, 5.74) is 3.08. The van der Waals surface area contributed by atoms with Gasteiger partial charge < -0.3 is 5.32 Å². The molecule has 1 aliphatic rings. The van der Waals surface area contributed by atoms with Gasteiger partial charge in [-0.05, 0) is 35.3 Å². The molecule has 1 saturated carbocycles. The largest absolute Gasteiger partial charge is 0.310 e. The van der Waals surface area contributed by atoms with Crippen LogP contribution in [0.15, 0.2) is 24.3 Å². The molecule has 0 radical (unpaired) electrons. The van der Waals surface area contributed by atoms with Crippen molar-refractivity contribution in [3.8, 4) is 0 Å². The number of hydrogen-bond donors (Lipinski definition) is 1. The van der Waals surface area contributed by atoms with E-state index in [1.807, 2.05) is 0 Å². The van der Waals surface area contributed by atoms with Crippen molar-refractivity contribution >= 4 is 0 Å². The van der Waals surface area contributed by atoms with Crippen molar-refractivity contribution in [1.82, 2.24) is 5.32 Å². The number of rotatable bonds is 3. The van der Waals surface area contributed by atoms with Gasteiger partial charge in [-0.1, -0.05) is 52.0 Å². The summed E-state index contributed by atoms with van der Waals surface area (Å²) >= 11 is 0. The third-order valence-electron chi connectivity index (χ3n) is 3.79. The zero-order valence-electron chi connectivity index (χ0n) is 11.6. The first-order valence-corrected chi connectivity index (χ1v) is 6.78. The van der Waals surface area contributed by atoms with Crippen LogP contribution in [0.1, 0.15) is 51.7 Å². The molecule has 1 aromatic carbocycles. The normalized spacial score (nSPS) is 24.5. The van der Waals surface area contributed by atoms with E-state index in [0.29, 0.717) is 0 Å². The summed E-state index contributed by atoms with van der Waals surface area (Å²) < 4.78 is 0. The lowest BCUT2D eigenvalue weighted by atomic mass is 9.82. The number of hydrogen-bond acceptors (Lipinski definition) is 1. The zero-order chi connectivity index (χ0) is 12.5. The Morgan fingerprint density at radius 2 is 1.71 bits per heavy atom. The van der Waals surface area contributed by atoms with E-state index in [1.54, 1.807) is 0 Å². The summed E-state index contributed by atoms with van der Waals surface area (Å²) in [7, 11) is 0. The second-order valence-electron chi connectivity index (χ2n) is 6.60. The maximum absolute atomic E-state index is 3.62. The van der Waals surface area contributed by atoms with Gasteiger partial charge in [0.2, 0.25) is 0 Å². The van der Waals surface area contributed by atoms with Crippen molar-refractivity contribution < 1.29 is 0 Å². The first kappa shape index (κ1) is 12.6. The molecule has 17 heavy (non-hydrogen) atoms. The summed E-state index contributed by atoms with van der Waals surface area (Å²) in [5, 5.41) is 3.62. The minimum atomic E-state index is 0.259. The van der Waals surface area contributed by atoms with E-state index < -0.39 is 0 Å². The Hall–Kier alpha value is -0.820. The van der Waals surface area contributed by atoms with Gasteiger partial charge in [0.1, 0.15) is 0 Å². The standard InChI is InChI=1S/C16H25N/c1-12-9-15(10-12)17-11-13-5-7-14(8-6-13)16(2,3)4/h5-8,12,15,17H,9-11H2,1-4H3. The van der Waals surface area contributed by atoms with E-state index in [-0.39, 0.29) is 5.41 Å². The fraction of sp³-hybridized carbons (Fsp3) is 0.625. The lowest BCUT2D eigenvalue weighted by Gasteiger charge is -2.33. The van der Waals surface area contributed by atoms with E-state index in [2.05, 4.69) is 57.3 Å². The van der Waals surface area contributed by atoms with Crippen molar-refractivity contribution in [2.45, 2.75) is 58.5 Å². The summed E-state index contributed by atoms with van der Waals surface area (Å²) in [6.45, 7) is 10.1. The number of nitrogens with one attached hydrogen (secondary N) is 1. The van der Waals surface area contributed by atoms with Gasteiger partial charge in [-0.15, -0.1) is 0 Å². The Bertz CT molecular complexity index is 352. The molecule has 0 heterocycles. The van der Waals surface area contributed by atoms with Crippen LogP contribution in [0.2, 0.25) is 0 Å². The average Bonchev–Trinajstić information content (AvgIpc) is 2.22. The topological polar surface area (TPSA) is 12.0 Å². The Balaban J connectivity index is 1.86. The molecule has 94 valence electrons. The lowest BCUT2D eigenvalue weighted by molar-refractivity contribution is 0.240. The smallest absolute Gasteiger partial charge is 0.0208 e. The molecule has 1 aromatic rings. The lowest BCUT2D eigenvalue weighted by Crippen LogP contribution is -2.39. The third kappa shape index (κ3) is 3.32. The van der Waals surface area contributed by atoms with Crippen LogP contribution >= 0.6 is 0 Å². The molecule has 0 amide bonds. The van der Waals surface area contributed by atoms with E-state index >= 15 is 0 Å².